The topological polar surface area (TPSA) is 55.4 Å². The van der Waals surface area contributed by atoms with Crippen LogP contribution >= 0.6 is 11.6 Å². The summed E-state index contributed by atoms with van der Waals surface area (Å²) < 4.78 is 32.2. The fourth-order valence-electron chi connectivity index (χ4n) is 2.08. The van der Waals surface area contributed by atoms with E-state index in [0.29, 0.717) is 12.2 Å². The number of methoxy groups -OCH3 is 1. The summed E-state index contributed by atoms with van der Waals surface area (Å²) in [5.74, 6) is 0.628. The summed E-state index contributed by atoms with van der Waals surface area (Å²) in [5.41, 5.74) is -0.221. The molecule has 1 aliphatic rings. The van der Waals surface area contributed by atoms with Crippen LogP contribution in [0.25, 0.3) is 0 Å². The maximum Gasteiger partial charge on any atom is 0.240 e. The Labute approximate surface area is 119 Å². The molecule has 1 aromatic carbocycles. The SMILES string of the molecule is COc1ccc(S(=O)(=O)NC2CC(Cl)C2(C)C)cc1. The van der Waals surface area contributed by atoms with Crippen molar-refractivity contribution in [1.29, 1.82) is 0 Å². The van der Waals surface area contributed by atoms with Gasteiger partial charge in [0.25, 0.3) is 0 Å². The Morgan fingerprint density at radius 1 is 1.32 bits per heavy atom. The van der Waals surface area contributed by atoms with Crippen LogP contribution in [0.2, 0.25) is 0 Å². The van der Waals surface area contributed by atoms with Crippen molar-refractivity contribution in [3.8, 4) is 5.75 Å². The Balaban J connectivity index is 2.14. The number of rotatable bonds is 4. The fraction of sp³-hybridized carbons (Fsp3) is 0.538. The minimum Gasteiger partial charge on any atom is -0.497 e. The molecule has 0 spiro atoms. The summed E-state index contributed by atoms with van der Waals surface area (Å²) in [6.45, 7) is 3.94. The van der Waals surface area contributed by atoms with Crippen molar-refractivity contribution in [2.45, 2.75) is 36.6 Å². The molecule has 0 radical (unpaired) electrons. The first kappa shape index (κ1) is 14.6. The van der Waals surface area contributed by atoms with Gasteiger partial charge in [0, 0.05) is 11.4 Å². The minimum atomic E-state index is -3.50. The monoisotopic (exact) mass is 303 g/mol. The van der Waals surface area contributed by atoms with E-state index in [0.717, 1.165) is 0 Å². The average molecular weight is 304 g/mol. The lowest BCUT2D eigenvalue weighted by Gasteiger charge is -2.48. The minimum absolute atomic E-state index is 0.0102. The van der Waals surface area contributed by atoms with E-state index >= 15 is 0 Å². The second kappa shape index (κ2) is 4.96. The molecule has 6 heteroatoms. The fourth-order valence-corrected chi connectivity index (χ4v) is 3.82. The number of alkyl halides is 1. The molecule has 0 aromatic heterocycles. The van der Waals surface area contributed by atoms with Crippen molar-refractivity contribution in [1.82, 2.24) is 4.72 Å². The summed E-state index contributed by atoms with van der Waals surface area (Å²) in [4.78, 5) is 0.238. The number of hydrogen-bond donors (Lipinski definition) is 1. The molecule has 1 fully saturated rings. The van der Waals surface area contributed by atoms with Crippen LogP contribution in [-0.2, 0) is 10.0 Å². The van der Waals surface area contributed by atoms with Crippen molar-refractivity contribution < 1.29 is 13.2 Å². The van der Waals surface area contributed by atoms with Crippen molar-refractivity contribution >= 4 is 21.6 Å². The van der Waals surface area contributed by atoms with Gasteiger partial charge in [-0.2, -0.15) is 0 Å². The Kier molecular flexibility index (Phi) is 3.82. The molecule has 1 N–H and O–H groups in total. The molecule has 2 rings (SSSR count). The molecular formula is C13H18ClNO3S. The standard InChI is InChI=1S/C13H18ClNO3S/c1-13(2)11(14)8-12(13)15-19(16,17)10-6-4-9(18-3)5-7-10/h4-7,11-12,15H,8H2,1-3H3. The Morgan fingerprint density at radius 2 is 1.89 bits per heavy atom. The van der Waals surface area contributed by atoms with Crippen LogP contribution in [0, 0.1) is 5.41 Å². The molecule has 0 aliphatic heterocycles. The van der Waals surface area contributed by atoms with Gasteiger partial charge in [-0.25, -0.2) is 13.1 Å². The molecule has 106 valence electrons. The molecule has 1 aliphatic carbocycles. The third-order valence-electron chi connectivity index (χ3n) is 3.82. The third-order valence-corrected chi connectivity index (χ3v) is 6.04. The smallest absolute Gasteiger partial charge is 0.240 e. The van der Waals surface area contributed by atoms with Gasteiger partial charge in [0.2, 0.25) is 10.0 Å². The average Bonchev–Trinajstić information content (AvgIpc) is 2.38. The molecule has 19 heavy (non-hydrogen) atoms. The van der Waals surface area contributed by atoms with Gasteiger partial charge in [-0.3, -0.25) is 0 Å². The Morgan fingerprint density at radius 3 is 2.32 bits per heavy atom. The number of sulfonamides is 1. The van der Waals surface area contributed by atoms with E-state index in [-0.39, 0.29) is 21.7 Å². The van der Waals surface area contributed by atoms with Gasteiger partial charge < -0.3 is 4.74 Å². The second-order valence-electron chi connectivity index (χ2n) is 5.37. The van der Waals surface area contributed by atoms with Crippen LogP contribution in [0.4, 0.5) is 0 Å². The molecule has 4 nitrogen and oxygen atoms in total. The Hall–Kier alpha value is -0.780. The highest BCUT2D eigenvalue weighted by Crippen LogP contribution is 2.44. The summed E-state index contributed by atoms with van der Waals surface area (Å²) in [5, 5.41) is 0.0102. The van der Waals surface area contributed by atoms with Crippen molar-refractivity contribution in [3.63, 3.8) is 0 Å². The van der Waals surface area contributed by atoms with E-state index in [1.165, 1.54) is 12.1 Å². The molecule has 1 saturated carbocycles. The van der Waals surface area contributed by atoms with E-state index in [4.69, 9.17) is 16.3 Å². The van der Waals surface area contributed by atoms with Gasteiger partial charge in [-0.1, -0.05) is 13.8 Å². The molecule has 0 heterocycles. The normalized spacial score (nSPS) is 25.7. The van der Waals surface area contributed by atoms with Crippen molar-refractivity contribution in [2.24, 2.45) is 5.41 Å². The lowest BCUT2D eigenvalue weighted by molar-refractivity contribution is 0.137. The maximum atomic E-state index is 12.2. The largest absolute Gasteiger partial charge is 0.497 e. The first-order valence-corrected chi connectivity index (χ1v) is 8.00. The zero-order chi connectivity index (χ0) is 14.3. The number of benzene rings is 1. The molecule has 1 aromatic rings. The van der Waals surface area contributed by atoms with E-state index in [1.807, 2.05) is 13.8 Å². The van der Waals surface area contributed by atoms with Crippen molar-refractivity contribution in [3.05, 3.63) is 24.3 Å². The molecule has 0 amide bonds. The van der Waals surface area contributed by atoms with E-state index in [1.54, 1.807) is 19.2 Å². The predicted molar refractivity (Wildman–Crippen MR) is 75.1 cm³/mol. The molecular weight excluding hydrogens is 286 g/mol. The van der Waals surface area contributed by atoms with Crippen LogP contribution < -0.4 is 9.46 Å². The van der Waals surface area contributed by atoms with Gasteiger partial charge in [0.15, 0.2) is 0 Å². The van der Waals surface area contributed by atoms with E-state index in [9.17, 15) is 8.42 Å². The summed E-state index contributed by atoms with van der Waals surface area (Å²) >= 11 is 6.10. The number of nitrogens with one attached hydrogen (secondary N) is 1. The molecule has 0 saturated heterocycles. The first-order chi connectivity index (χ1) is 8.77. The first-order valence-electron chi connectivity index (χ1n) is 6.08. The van der Waals surface area contributed by atoms with Gasteiger partial charge in [-0.15, -0.1) is 11.6 Å². The highest BCUT2D eigenvalue weighted by atomic mass is 35.5. The number of hydrogen-bond acceptors (Lipinski definition) is 3. The van der Waals surface area contributed by atoms with Crippen LogP contribution in [0.1, 0.15) is 20.3 Å². The zero-order valence-electron chi connectivity index (χ0n) is 11.2. The molecule has 2 unspecified atom stereocenters. The zero-order valence-corrected chi connectivity index (χ0v) is 12.8. The van der Waals surface area contributed by atoms with Crippen molar-refractivity contribution in [2.75, 3.05) is 7.11 Å². The van der Waals surface area contributed by atoms with Crippen LogP contribution in [0.3, 0.4) is 0 Å². The number of ether oxygens (including phenoxy) is 1. The van der Waals surface area contributed by atoms with Crippen LogP contribution in [0.5, 0.6) is 5.75 Å². The summed E-state index contributed by atoms with van der Waals surface area (Å²) in [6, 6.07) is 6.20. The predicted octanol–water partition coefficient (Wildman–Crippen LogP) is 2.38. The van der Waals surface area contributed by atoms with Crippen LogP contribution in [0.15, 0.2) is 29.2 Å². The van der Waals surface area contributed by atoms with Gasteiger partial charge in [0.1, 0.15) is 5.75 Å². The quantitative estimate of drug-likeness (QED) is 0.869. The summed E-state index contributed by atoms with van der Waals surface area (Å²) in [7, 11) is -1.96. The van der Waals surface area contributed by atoms with Gasteiger partial charge in [-0.05, 0) is 36.1 Å². The lowest BCUT2D eigenvalue weighted by atomic mass is 9.67. The third kappa shape index (κ3) is 2.73. The maximum absolute atomic E-state index is 12.2. The lowest BCUT2D eigenvalue weighted by Crippen LogP contribution is -2.59. The highest BCUT2D eigenvalue weighted by molar-refractivity contribution is 7.89. The molecule has 2 atom stereocenters. The van der Waals surface area contributed by atoms with E-state index in [2.05, 4.69) is 4.72 Å². The highest BCUT2D eigenvalue weighted by Gasteiger charge is 2.48. The van der Waals surface area contributed by atoms with Gasteiger partial charge in [0.05, 0.1) is 12.0 Å². The molecule has 0 bridgehead atoms. The van der Waals surface area contributed by atoms with E-state index < -0.39 is 10.0 Å². The number of halogens is 1. The van der Waals surface area contributed by atoms with Gasteiger partial charge >= 0.3 is 0 Å². The Bertz CT molecular complexity index is 554. The summed E-state index contributed by atoms with van der Waals surface area (Å²) in [6.07, 6.45) is 0.657. The van der Waals surface area contributed by atoms with Crippen LogP contribution in [-0.4, -0.2) is 26.9 Å². The second-order valence-corrected chi connectivity index (χ2v) is 7.61.